The van der Waals surface area contributed by atoms with E-state index in [1.165, 1.54) is 11.3 Å². The van der Waals surface area contributed by atoms with Gasteiger partial charge in [-0.25, -0.2) is 0 Å². The van der Waals surface area contributed by atoms with Crippen LogP contribution in [0.3, 0.4) is 0 Å². The Morgan fingerprint density at radius 1 is 1.13 bits per heavy atom. The van der Waals surface area contributed by atoms with Gasteiger partial charge in [0.05, 0.1) is 4.88 Å². The molecule has 116 valence electrons. The van der Waals surface area contributed by atoms with Crippen molar-refractivity contribution in [2.75, 3.05) is 0 Å². The van der Waals surface area contributed by atoms with Gasteiger partial charge in [-0.2, -0.15) is 9.61 Å². The predicted molar refractivity (Wildman–Crippen MR) is 92.1 cm³/mol. The molecule has 0 aliphatic rings. The van der Waals surface area contributed by atoms with Gasteiger partial charge < -0.3 is 4.74 Å². The highest BCUT2D eigenvalue weighted by molar-refractivity contribution is 7.16. The number of rotatable bonds is 5. The standard InChI is InChI=1S/C16H14N4OS2/c1-2-12(21-11-7-4-3-5-8-11)15-19-20-14(13-9-6-10-22-13)17-18-16(20)23-15/h3-10,12H,2H2,1H3/t12-/m0/s1. The van der Waals surface area contributed by atoms with Crippen molar-refractivity contribution in [1.29, 1.82) is 0 Å². The van der Waals surface area contributed by atoms with Gasteiger partial charge >= 0.3 is 0 Å². The molecule has 0 saturated heterocycles. The molecule has 0 radical (unpaired) electrons. The Morgan fingerprint density at radius 2 is 2.00 bits per heavy atom. The molecule has 0 amide bonds. The summed E-state index contributed by atoms with van der Waals surface area (Å²) in [6, 6.07) is 13.9. The Labute approximate surface area is 141 Å². The largest absolute Gasteiger partial charge is 0.483 e. The van der Waals surface area contributed by atoms with Crippen molar-refractivity contribution >= 4 is 27.6 Å². The summed E-state index contributed by atoms with van der Waals surface area (Å²) in [7, 11) is 0. The van der Waals surface area contributed by atoms with Crippen LogP contribution in [-0.2, 0) is 0 Å². The first-order chi connectivity index (χ1) is 11.3. The molecule has 0 aliphatic heterocycles. The molecule has 0 unspecified atom stereocenters. The summed E-state index contributed by atoms with van der Waals surface area (Å²) in [5.74, 6) is 1.64. The van der Waals surface area contributed by atoms with Crippen LogP contribution < -0.4 is 4.74 Å². The van der Waals surface area contributed by atoms with Crippen LogP contribution in [-0.4, -0.2) is 19.8 Å². The molecule has 0 spiro atoms. The van der Waals surface area contributed by atoms with Gasteiger partial charge in [0.25, 0.3) is 0 Å². The number of fused-ring (bicyclic) bond motifs is 1. The first kappa shape index (κ1) is 14.3. The molecule has 0 bridgehead atoms. The zero-order chi connectivity index (χ0) is 15.6. The summed E-state index contributed by atoms with van der Waals surface area (Å²) in [4.78, 5) is 1.85. The summed E-state index contributed by atoms with van der Waals surface area (Å²) in [6.45, 7) is 2.09. The minimum atomic E-state index is -0.0831. The Balaban J connectivity index is 1.68. The van der Waals surface area contributed by atoms with Crippen molar-refractivity contribution in [2.24, 2.45) is 0 Å². The molecule has 3 aromatic heterocycles. The van der Waals surface area contributed by atoms with Crippen LogP contribution in [0.15, 0.2) is 47.8 Å². The van der Waals surface area contributed by atoms with E-state index in [4.69, 9.17) is 4.74 Å². The van der Waals surface area contributed by atoms with Crippen LogP contribution >= 0.6 is 22.7 Å². The molecule has 0 saturated carbocycles. The third-order valence-corrected chi connectivity index (χ3v) is 5.27. The molecular formula is C16H14N4OS2. The van der Waals surface area contributed by atoms with Crippen LogP contribution in [0, 0.1) is 0 Å². The van der Waals surface area contributed by atoms with Gasteiger partial charge in [0.15, 0.2) is 16.9 Å². The highest BCUT2D eigenvalue weighted by Crippen LogP contribution is 2.30. The zero-order valence-corrected chi connectivity index (χ0v) is 14.0. The molecule has 23 heavy (non-hydrogen) atoms. The van der Waals surface area contributed by atoms with Crippen molar-refractivity contribution < 1.29 is 4.74 Å². The van der Waals surface area contributed by atoms with E-state index >= 15 is 0 Å². The number of aromatic nitrogens is 4. The van der Waals surface area contributed by atoms with E-state index in [-0.39, 0.29) is 6.10 Å². The molecule has 0 fully saturated rings. The average molecular weight is 342 g/mol. The van der Waals surface area contributed by atoms with E-state index in [0.717, 1.165) is 32.8 Å². The van der Waals surface area contributed by atoms with Crippen molar-refractivity contribution in [1.82, 2.24) is 19.8 Å². The van der Waals surface area contributed by atoms with Gasteiger partial charge in [0.1, 0.15) is 5.75 Å². The van der Waals surface area contributed by atoms with Gasteiger partial charge in [-0.1, -0.05) is 42.5 Å². The quantitative estimate of drug-likeness (QED) is 0.538. The summed E-state index contributed by atoms with van der Waals surface area (Å²) >= 11 is 3.16. The van der Waals surface area contributed by atoms with Crippen molar-refractivity contribution in [3.63, 3.8) is 0 Å². The number of nitrogens with zero attached hydrogens (tertiary/aromatic N) is 4. The second-order valence-electron chi connectivity index (χ2n) is 4.96. The maximum absolute atomic E-state index is 6.07. The molecule has 1 aromatic carbocycles. The molecule has 0 aliphatic carbocycles. The fourth-order valence-electron chi connectivity index (χ4n) is 2.29. The second-order valence-corrected chi connectivity index (χ2v) is 6.90. The lowest BCUT2D eigenvalue weighted by atomic mass is 10.3. The Morgan fingerprint density at radius 3 is 2.74 bits per heavy atom. The van der Waals surface area contributed by atoms with Crippen LogP contribution in [0.25, 0.3) is 15.7 Å². The third-order valence-electron chi connectivity index (χ3n) is 3.42. The third kappa shape index (κ3) is 2.73. The summed E-state index contributed by atoms with van der Waals surface area (Å²) in [5, 5.41) is 16.1. The Hall–Kier alpha value is -2.25. The lowest BCUT2D eigenvalue weighted by Gasteiger charge is -2.14. The predicted octanol–water partition coefficient (Wildman–Crippen LogP) is 4.44. The SMILES string of the molecule is CC[C@H](Oc1ccccc1)c1nn2c(-c3cccs3)nnc2s1. The van der Waals surface area contributed by atoms with E-state index in [1.807, 2.05) is 52.4 Å². The maximum atomic E-state index is 6.07. The molecule has 4 aromatic rings. The summed E-state index contributed by atoms with van der Waals surface area (Å²) < 4.78 is 7.88. The van der Waals surface area contributed by atoms with Crippen molar-refractivity contribution in [2.45, 2.75) is 19.4 Å². The van der Waals surface area contributed by atoms with E-state index < -0.39 is 0 Å². The summed E-state index contributed by atoms with van der Waals surface area (Å²) in [5.41, 5.74) is 0. The fraction of sp³-hybridized carbons (Fsp3) is 0.188. The number of para-hydroxylation sites is 1. The molecule has 0 N–H and O–H groups in total. The van der Waals surface area contributed by atoms with Crippen LogP contribution in [0.4, 0.5) is 0 Å². The normalized spacial score (nSPS) is 12.6. The van der Waals surface area contributed by atoms with Crippen LogP contribution in [0.2, 0.25) is 0 Å². The molecule has 3 heterocycles. The maximum Gasteiger partial charge on any atom is 0.235 e. The fourth-order valence-corrected chi connectivity index (χ4v) is 3.94. The van der Waals surface area contributed by atoms with Gasteiger partial charge in [-0.15, -0.1) is 21.5 Å². The number of hydrogen-bond acceptors (Lipinski definition) is 6. The molecule has 4 rings (SSSR count). The zero-order valence-electron chi connectivity index (χ0n) is 12.4. The van der Waals surface area contributed by atoms with E-state index in [0.29, 0.717) is 0 Å². The van der Waals surface area contributed by atoms with Crippen molar-refractivity contribution in [3.05, 3.63) is 52.9 Å². The van der Waals surface area contributed by atoms with E-state index in [1.54, 1.807) is 11.3 Å². The average Bonchev–Trinajstić information content (AvgIpc) is 3.29. The van der Waals surface area contributed by atoms with Crippen LogP contribution in [0.1, 0.15) is 24.5 Å². The highest BCUT2D eigenvalue weighted by Gasteiger charge is 2.20. The first-order valence-electron chi connectivity index (χ1n) is 7.33. The minimum Gasteiger partial charge on any atom is -0.483 e. The minimum absolute atomic E-state index is 0.0831. The van der Waals surface area contributed by atoms with Gasteiger partial charge in [0.2, 0.25) is 4.96 Å². The van der Waals surface area contributed by atoms with Crippen LogP contribution in [0.5, 0.6) is 5.75 Å². The molecule has 7 heteroatoms. The second kappa shape index (κ2) is 6.10. The number of benzene rings is 1. The van der Waals surface area contributed by atoms with E-state index in [9.17, 15) is 0 Å². The Kier molecular flexibility index (Phi) is 3.80. The lowest BCUT2D eigenvalue weighted by Crippen LogP contribution is -2.06. The smallest absolute Gasteiger partial charge is 0.235 e. The van der Waals surface area contributed by atoms with Gasteiger partial charge in [-0.3, -0.25) is 0 Å². The molecule has 5 nitrogen and oxygen atoms in total. The van der Waals surface area contributed by atoms with Gasteiger partial charge in [-0.05, 0) is 30.0 Å². The Bertz CT molecular complexity index is 899. The van der Waals surface area contributed by atoms with E-state index in [2.05, 4.69) is 22.2 Å². The monoisotopic (exact) mass is 342 g/mol. The first-order valence-corrected chi connectivity index (χ1v) is 9.02. The summed E-state index contributed by atoms with van der Waals surface area (Å²) in [6.07, 6.45) is 0.758. The molecular weight excluding hydrogens is 328 g/mol. The number of ether oxygens (including phenoxy) is 1. The molecule has 1 atom stereocenters. The number of thiophene rings is 1. The highest BCUT2D eigenvalue weighted by atomic mass is 32.1. The topological polar surface area (TPSA) is 52.3 Å². The van der Waals surface area contributed by atoms with Gasteiger partial charge in [0, 0.05) is 0 Å². The van der Waals surface area contributed by atoms with Crippen molar-refractivity contribution in [3.8, 4) is 16.5 Å². The number of hydrogen-bond donors (Lipinski definition) is 0. The lowest BCUT2D eigenvalue weighted by molar-refractivity contribution is 0.199.